The van der Waals surface area contributed by atoms with Crippen molar-refractivity contribution in [1.82, 2.24) is 50.4 Å². The van der Waals surface area contributed by atoms with Crippen molar-refractivity contribution in [3.05, 3.63) is 152 Å². The molecule has 1 aliphatic rings. The summed E-state index contributed by atoms with van der Waals surface area (Å²) in [5.74, 6) is -3.99. The van der Waals surface area contributed by atoms with Gasteiger partial charge in [0.2, 0.25) is 23.6 Å². The molecule has 0 bridgehead atoms. The van der Waals surface area contributed by atoms with Gasteiger partial charge in [-0.2, -0.15) is 67.1 Å². The van der Waals surface area contributed by atoms with E-state index in [1.165, 1.54) is 12.2 Å². The Hall–Kier alpha value is -7.82. The number of rotatable bonds is 22. The van der Waals surface area contributed by atoms with E-state index in [0.717, 1.165) is 21.7 Å². The molecule has 389 valence electrons. The van der Waals surface area contributed by atoms with Gasteiger partial charge in [0.15, 0.2) is 0 Å². The summed E-state index contributed by atoms with van der Waals surface area (Å²) in [6, 6.07) is 32.9. The summed E-state index contributed by atoms with van der Waals surface area (Å²) in [6.07, 6.45) is 13.6. The van der Waals surface area contributed by atoms with Crippen LogP contribution in [-0.4, -0.2) is 127 Å². The smallest absolute Gasteiger partial charge is 0.267 e. The van der Waals surface area contributed by atoms with E-state index in [9.17, 15) is 41.7 Å². The predicted octanol–water partition coefficient (Wildman–Crippen LogP) is 3.95. The maximum absolute atomic E-state index is 12.7. The van der Waals surface area contributed by atoms with Gasteiger partial charge in [-0.25, -0.2) is 0 Å². The van der Waals surface area contributed by atoms with Gasteiger partial charge in [-0.3, -0.25) is 57.6 Å². The quantitative estimate of drug-likeness (QED) is 0.0211. The van der Waals surface area contributed by atoms with Gasteiger partial charge in [0.05, 0.1) is 36.5 Å². The number of imide groups is 1. The van der Waals surface area contributed by atoms with Gasteiger partial charge in [0.25, 0.3) is 21.9 Å². The summed E-state index contributed by atoms with van der Waals surface area (Å²) in [5.41, 5.74) is 3.79. The minimum absolute atomic E-state index is 0. The molecule has 1 aliphatic heterocycles. The fraction of sp³-hybridized carbons (Fsp3) is 0.255. The fourth-order valence-electron chi connectivity index (χ4n) is 7.03. The molecule has 74 heavy (non-hydrogen) atoms. The summed E-state index contributed by atoms with van der Waals surface area (Å²) < 4.78 is 41.3. The molecule has 0 aliphatic carbocycles. The molecular formula is C51H53IrN11O10S-2. The Labute approximate surface area is 440 Å². The Bertz CT molecular complexity index is 2990. The zero-order valence-electron chi connectivity index (χ0n) is 39.8. The van der Waals surface area contributed by atoms with Crippen molar-refractivity contribution < 1.29 is 66.6 Å². The number of para-hydroxylation sites is 2. The second-order valence-electron chi connectivity index (χ2n) is 15.9. The molecule has 0 fully saturated rings. The SMILES string of the molecule is O=C(CCCCNC(=O)C(CS(=O)(=O)O)NC(=O)CCCC(=O)Nc1ccnc2c1ccc1cccnc12)NCCOCCN1C(=O)C=CC1=O.[Ir].[c-]1ccccc1-n1cccn1.[c-]1ccccc1-n1cccn1. The number of aromatic nitrogens is 6. The number of carbonyl (C=O) groups is 6. The van der Waals surface area contributed by atoms with E-state index < -0.39 is 45.5 Å². The molecule has 0 saturated carbocycles. The number of hydrogen-bond donors (Lipinski definition) is 5. The normalized spacial score (nSPS) is 12.1. The minimum atomic E-state index is -4.63. The Morgan fingerprint density at radius 3 is 1.93 bits per heavy atom. The summed E-state index contributed by atoms with van der Waals surface area (Å²) in [6.45, 7) is 0.714. The Kier molecular flexibility index (Phi) is 22.9. The van der Waals surface area contributed by atoms with Gasteiger partial charge in [0.1, 0.15) is 11.8 Å². The Morgan fingerprint density at radius 2 is 1.31 bits per heavy atom. The van der Waals surface area contributed by atoms with Crippen molar-refractivity contribution in [2.24, 2.45) is 0 Å². The minimum Gasteiger partial charge on any atom is -0.378 e. The van der Waals surface area contributed by atoms with E-state index in [1.54, 1.807) is 40.2 Å². The Morgan fingerprint density at radius 1 is 0.662 bits per heavy atom. The maximum atomic E-state index is 12.7. The van der Waals surface area contributed by atoms with E-state index in [2.05, 4.69) is 53.6 Å². The summed E-state index contributed by atoms with van der Waals surface area (Å²) >= 11 is 0. The average molecular weight is 1200 g/mol. The number of carbonyl (C=O) groups excluding carboxylic acids is 6. The molecule has 23 heteroatoms. The first kappa shape index (κ1) is 57.1. The summed E-state index contributed by atoms with van der Waals surface area (Å²) in [7, 11) is -4.63. The van der Waals surface area contributed by atoms with E-state index in [4.69, 9.17) is 4.74 Å². The number of benzene rings is 3. The number of ether oxygens (including phenoxy) is 1. The molecule has 21 nitrogen and oxygen atoms in total. The number of anilines is 1. The van der Waals surface area contributed by atoms with Crippen molar-refractivity contribution in [3.63, 3.8) is 0 Å². The molecule has 5 heterocycles. The molecule has 0 saturated heterocycles. The van der Waals surface area contributed by atoms with Crippen LogP contribution >= 0.6 is 0 Å². The van der Waals surface area contributed by atoms with Gasteiger partial charge in [0, 0.05) is 113 Å². The van der Waals surface area contributed by atoms with Gasteiger partial charge in [-0.15, -0.1) is 12.1 Å². The van der Waals surface area contributed by atoms with Crippen molar-refractivity contribution in [3.8, 4) is 11.4 Å². The molecule has 3 aromatic carbocycles. The van der Waals surface area contributed by atoms with Crippen molar-refractivity contribution in [2.75, 3.05) is 43.9 Å². The van der Waals surface area contributed by atoms with Crippen LogP contribution in [-0.2, 0) is 63.7 Å². The zero-order chi connectivity index (χ0) is 51.8. The van der Waals surface area contributed by atoms with Crippen LogP contribution in [0.25, 0.3) is 33.2 Å². The Balaban J connectivity index is 0.000000355. The van der Waals surface area contributed by atoms with Crippen LogP contribution in [0.3, 0.4) is 0 Å². The number of nitrogens with zero attached hydrogens (tertiary/aromatic N) is 7. The van der Waals surface area contributed by atoms with Gasteiger partial charge < -0.3 is 26.0 Å². The van der Waals surface area contributed by atoms with Crippen molar-refractivity contribution in [1.29, 1.82) is 0 Å². The standard InChI is InChI=1S/C33H39N7O10S.2C9H7N2.Ir/c41-26(34-17-19-50-20-18-40-29(44)11-12-30(40)45)6-1-2-14-37-33(46)25(21-51(47,48)49)39-28(43)8-3-7-27(42)38-24-13-16-36-32-23(24)10-9-22-5-4-15-35-31(22)32;2*1-2-5-9(6-3-1)11-8-4-7-10-11;/h4-5,9-13,15-16,25H,1-3,6-8,14,17-21H2,(H,34,41)(H,37,46)(H,39,43)(H,36,38,42)(H,47,48,49);2*1-5,7-8H;/q;2*-1;. The molecule has 6 amide bonds. The van der Waals surface area contributed by atoms with Crippen LogP contribution in [0.2, 0.25) is 0 Å². The molecule has 7 aromatic rings. The molecule has 1 radical (unpaired) electrons. The first-order valence-corrected chi connectivity index (χ1v) is 24.7. The second-order valence-corrected chi connectivity index (χ2v) is 17.4. The van der Waals surface area contributed by atoms with Crippen LogP contribution in [0, 0.1) is 12.1 Å². The molecule has 5 N–H and O–H groups in total. The van der Waals surface area contributed by atoms with Crippen LogP contribution in [0.5, 0.6) is 0 Å². The summed E-state index contributed by atoms with van der Waals surface area (Å²) in [4.78, 5) is 82.7. The third-order valence-corrected chi connectivity index (χ3v) is 11.3. The van der Waals surface area contributed by atoms with Crippen LogP contribution < -0.4 is 21.3 Å². The molecule has 4 aromatic heterocycles. The van der Waals surface area contributed by atoms with Crippen molar-refractivity contribution >= 4 is 73.1 Å². The number of fused-ring (bicyclic) bond motifs is 3. The molecule has 1 unspecified atom stereocenters. The van der Waals surface area contributed by atoms with Gasteiger partial charge in [-0.05, 0) is 61.0 Å². The maximum Gasteiger partial charge on any atom is 0.267 e. The topological polar surface area (TPSA) is 279 Å². The van der Waals surface area contributed by atoms with E-state index in [0.29, 0.717) is 34.9 Å². The monoisotopic (exact) mass is 1200 g/mol. The van der Waals surface area contributed by atoms with Crippen LogP contribution in [0.4, 0.5) is 5.69 Å². The number of pyridine rings is 2. The van der Waals surface area contributed by atoms with E-state index >= 15 is 0 Å². The van der Waals surface area contributed by atoms with Crippen molar-refractivity contribution in [2.45, 2.75) is 44.6 Å². The number of amides is 6. The van der Waals surface area contributed by atoms with Crippen LogP contribution in [0.1, 0.15) is 38.5 Å². The van der Waals surface area contributed by atoms with E-state index in [1.807, 2.05) is 97.3 Å². The first-order valence-electron chi connectivity index (χ1n) is 23.1. The number of unbranched alkanes of at least 4 members (excludes halogenated alkanes) is 1. The molecule has 8 rings (SSSR count). The molecule has 0 spiro atoms. The third-order valence-electron chi connectivity index (χ3n) is 10.5. The van der Waals surface area contributed by atoms with E-state index in [-0.39, 0.29) is 90.5 Å². The zero-order valence-corrected chi connectivity index (χ0v) is 43.0. The van der Waals surface area contributed by atoms with Crippen LogP contribution in [0.15, 0.2) is 140 Å². The first-order chi connectivity index (χ1) is 35.3. The second kappa shape index (κ2) is 29.6. The van der Waals surface area contributed by atoms with Gasteiger partial charge in [-0.1, -0.05) is 12.1 Å². The predicted molar refractivity (Wildman–Crippen MR) is 269 cm³/mol. The molecule has 1 atom stereocenters. The number of nitrogens with one attached hydrogen (secondary N) is 4. The third kappa shape index (κ3) is 18.7. The fourth-order valence-corrected chi connectivity index (χ4v) is 7.68. The average Bonchev–Trinajstić information content (AvgIpc) is 4.20. The number of hydrogen-bond acceptors (Lipinski definition) is 13. The largest absolute Gasteiger partial charge is 0.378 e. The molecular weight excluding hydrogens is 1150 g/mol. The van der Waals surface area contributed by atoms with Gasteiger partial charge >= 0.3 is 0 Å². The summed E-state index contributed by atoms with van der Waals surface area (Å²) in [5, 5.41) is 20.0.